The molecular weight excluding hydrogens is 440 g/mol. The fourth-order valence-corrected chi connectivity index (χ4v) is 4.18. The Morgan fingerprint density at radius 2 is 1.53 bits per heavy atom. The first-order valence-corrected chi connectivity index (χ1v) is 10.8. The summed E-state index contributed by atoms with van der Waals surface area (Å²) in [6.45, 7) is 4.43. The number of anilines is 3. The third-order valence-electron chi connectivity index (χ3n) is 5.43. The molecule has 3 N–H and O–H groups in total. The van der Waals surface area contributed by atoms with Crippen LogP contribution in [0.3, 0.4) is 0 Å². The number of aryl methyl sites for hydroxylation is 1. The number of carbonyl (C=O) groups excluding carboxylic acids is 2. The molecular formula is C25H23BrN2O2. The molecule has 0 saturated heterocycles. The van der Waals surface area contributed by atoms with Crippen molar-refractivity contribution in [2.45, 2.75) is 26.7 Å². The quantitative estimate of drug-likeness (QED) is 0.349. The Kier molecular flexibility index (Phi) is 5.48. The highest BCUT2D eigenvalue weighted by Crippen LogP contribution is 2.40. The van der Waals surface area contributed by atoms with E-state index in [-0.39, 0.29) is 22.8 Å². The van der Waals surface area contributed by atoms with Crippen molar-refractivity contribution in [3.05, 3.63) is 86.9 Å². The fraction of sp³-hybridized carbons (Fsp3) is 0.200. The number of rotatable bonds is 5. The molecule has 0 aromatic heterocycles. The van der Waals surface area contributed by atoms with Gasteiger partial charge in [0.15, 0.2) is 11.6 Å². The standard InChI is InChI=1S/C25H23BrN2O2/c1-14(2)7-8-15-9-11-16(12-10-15)28-20-13-19(26)23(27)22-21(20)24(29)17-5-3-4-6-18(17)25(22)30/h3-6,9-14,28H,7-8,27H2,1-2H3. The van der Waals surface area contributed by atoms with Crippen molar-refractivity contribution in [2.24, 2.45) is 5.92 Å². The molecule has 0 spiro atoms. The van der Waals surface area contributed by atoms with Gasteiger partial charge in [0, 0.05) is 21.3 Å². The van der Waals surface area contributed by atoms with Crippen LogP contribution in [-0.4, -0.2) is 11.6 Å². The number of ketones is 2. The Balaban J connectivity index is 1.73. The third kappa shape index (κ3) is 3.65. The van der Waals surface area contributed by atoms with Gasteiger partial charge in [0.1, 0.15) is 0 Å². The largest absolute Gasteiger partial charge is 0.397 e. The molecule has 0 heterocycles. The van der Waals surface area contributed by atoms with Crippen molar-refractivity contribution in [2.75, 3.05) is 11.1 Å². The zero-order valence-corrected chi connectivity index (χ0v) is 18.5. The molecule has 0 bridgehead atoms. The molecule has 0 radical (unpaired) electrons. The van der Waals surface area contributed by atoms with Crippen molar-refractivity contribution >= 4 is 44.6 Å². The van der Waals surface area contributed by atoms with Gasteiger partial charge in [-0.15, -0.1) is 0 Å². The van der Waals surface area contributed by atoms with Crippen LogP contribution in [0.5, 0.6) is 0 Å². The number of nitrogen functional groups attached to an aromatic ring is 1. The molecule has 0 saturated carbocycles. The van der Waals surface area contributed by atoms with E-state index in [9.17, 15) is 9.59 Å². The number of hydrogen-bond donors (Lipinski definition) is 2. The average molecular weight is 463 g/mol. The second-order valence-corrected chi connectivity index (χ2v) is 8.88. The van der Waals surface area contributed by atoms with Gasteiger partial charge in [0.2, 0.25) is 0 Å². The number of nitrogens with one attached hydrogen (secondary N) is 1. The van der Waals surface area contributed by atoms with E-state index in [0.29, 0.717) is 32.8 Å². The summed E-state index contributed by atoms with van der Waals surface area (Å²) in [6.07, 6.45) is 2.17. The smallest absolute Gasteiger partial charge is 0.196 e. The minimum atomic E-state index is -0.230. The maximum Gasteiger partial charge on any atom is 0.196 e. The van der Waals surface area contributed by atoms with Crippen LogP contribution in [0, 0.1) is 5.92 Å². The highest BCUT2D eigenvalue weighted by molar-refractivity contribution is 9.10. The molecule has 0 unspecified atom stereocenters. The monoisotopic (exact) mass is 462 g/mol. The number of halogens is 1. The summed E-state index contributed by atoms with van der Waals surface area (Å²) in [7, 11) is 0. The summed E-state index contributed by atoms with van der Waals surface area (Å²) in [4.78, 5) is 26.4. The second kappa shape index (κ2) is 8.07. The molecule has 3 aromatic carbocycles. The van der Waals surface area contributed by atoms with Crippen LogP contribution in [0.2, 0.25) is 0 Å². The summed E-state index contributed by atoms with van der Waals surface area (Å²) in [6, 6.07) is 16.8. The third-order valence-corrected chi connectivity index (χ3v) is 6.09. The maximum atomic E-state index is 13.3. The first-order valence-electron chi connectivity index (χ1n) is 10.0. The van der Waals surface area contributed by atoms with Gasteiger partial charge >= 0.3 is 0 Å². The molecule has 0 amide bonds. The van der Waals surface area contributed by atoms with E-state index in [4.69, 9.17) is 5.73 Å². The van der Waals surface area contributed by atoms with Crippen LogP contribution in [0.4, 0.5) is 17.1 Å². The summed E-state index contributed by atoms with van der Waals surface area (Å²) in [5, 5.41) is 3.32. The van der Waals surface area contributed by atoms with E-state index in [1.807, 2.05) is 12.1 Å². The lowest BCUT2D eigenvalue weighted by atomic mass is 9.82. The zero-order valence-electron chi connectivity index (χ0n) is 17.0. The fourth-order valence-electron chi connectivity index (χ4n) is 3.75. The van der Waals surface area contributed by atoms with E-state index in [1.54, 1.807) is 30.3 Å². The Hall–Kier alpha value is -2.92. The van der Waals surface area contributed by atoms with Gasteiger partial charge in [-0.2, -0.15) is 0 Å². The lowest BCUT2D eigenvalue weighted by Gasteiger charge is -2.23. The van der Waals surface area contributed by atoms with Gasteiger partial charge in [-0.25, -0.2) is 0 Å². The molecule has 0 fully saturated rings. The van der Waals surface area contributed by atoms with Gasteiger partial charge in [-0.1, -0.05) is 50.2 Å². The Bertz CT molecular complexity index is 1150. The minimum Gasteiger partial charge on any atom is -0.397 e. The molecule has 5 heteroatoms. The molecule has 4 nitrogen and oxygen atoms in total. The SMILES string of the molecule is CC(C)CCc1ccc(Nc2cc(Br)c(N)c3c2C(=O)c2ccccc2C3=O)cc1. The van der Waals surface area contributed by atoms with Crippen molar-refractivity contribution in [3.8, 4) is 0 Å². The maximum absolute atomic E-state index is 13.3. The number of nitrogens with two attached hydrogens (primary N) is 1. The Morgan fingerprint density at radius 3 is 2.13 bits per heavy atom. The molecule has 152 valence electrons. The van der Waals surface area contributed by atoms with Gasteiger partial charge in [0.25, 0.3) is 0 Å². The topological polar surface area (TPSA) is 72.2 Å². The van der Waals surface area contributed by atoms with Crippen LogP contribution in [0.25, 0.3) is 0 Å². The first kappa shape index (κ1) is 20.4. The zero-order chi connectivity index (χ0) is 21.4. The molecule has 0 atom stereocenters. The van der Waals surface area contributed by atoms with Gasteiger partial charge in [-0.05, 0) is 58.5 Å². The lowest BCUT2D eigenvalue weighted by molar-refractivity contribution is 0.0980. The number of carbonyl (C=O) groups is 2. The van der Waals surface area contributed by atoms with Crippen LogP contribution >= 0.6 is 15.9 Å². The van der Waals surface area contributed by atoms with Crippen LogP contribution in [-0.2, 0) is 6.42 Å². The molecule has 4 rings (SSSR count). The first-order chi connectivity index (χ1) is 14.4. The van der Waals surface area contributed by atoms with Crippen molar-refractivity contribution in [3.63, 3.8) is 0 Å². The van der Waals surface area contributed by atoms with Gasteiger partial charge < -0.3 is 11.1 Å². The molecule has 1 aliphatic carbocycles. The van der Waals surface area contributed by atoms with Crippen molar-refractivity contribution < 1.29 is 9.59 Å². The molecule has 3 aromatic rings. The molecule has 30 heavy (non-hydrogen) atoms. The van der Waals surface area contributed by atoms with Crippen LogP contribution in [0.1, 0.15) is 57.7 Å². The number of fused-ring (bicyclic) bond motifs is 2. The van der Waals surface area contributed by atoms with E-state index in [2.05, 4.69) is 47.2 Å². The van der Waals surface area contributed by atoms with E-state index >= 15 is 0 Å². The van der Waals surface area contributed by atoms with Gasteiger partial charge in [-0.3, -0.25) is 9.59 Å². The summed E-state index contributed by atoms with van der Waals surface area (Å²) < 4.78 is 0.581. The average Bonchev–Trinajstić information content (AvgIpc) is 2.74. The minimum absolute atomic E-state index is 0.199. The second-order valence-electron chi connectivity index (χ2n) is 8.03. The Morgan fingerprint density at radius 1 is 0.933 bits per heavy atom. The van der Waals surface area contributed by atoms with Crippen LogP contribution < -0.4 is 11.1 Å². The van der Waals surface area contributed by atoms with Crippen molar-refractivity contribution in [1.29, 1.82) is 0 Å². The summed E-state index contributed by atoms with van der Waals surface area (Å²) >= 11 is 3.44. The van der Waals surface area contributed by atoms with Crippen molar-refractivity contribution in [1.82, 2.24) is 0 Å². The summed E-state index contributed by atoms with van der Waals surface area (Å²) in [5.74, 6) is 0.231. The molecule has 0 aliphatic heterocycles. The van der Waals surface area contributed by atoms with Gasteiger partial charge in [0.05, 0.1) is 22.5 Å². The highest BCUT2D eigenvalue weighted by Gasteiger charge is 2.34. The summed E-state index contributed by atoms with van der Waals surface area (Å²) in [5.41, 5.74) is 10.5. The van der Waals surface area contributed by atoms with E-state index in [0.717, 1.165) is 18.5 Å². The van der Waals surface area contributed by atoms with E-state index < -0.39 is 0 Å². The van der Waals surface area contributed by atoms with Crippen LogP contribution in [0.15, 0.2) is 59.1 Å². The van der Waals surface area contributed by atoms with E-state index in [1.165, 1.54) is 5.56 Å². The predicted molar refractivity (Wildman–Crippen MR) is 125 cm³/mol. The normalized spacial score (nSPS) is 12.7. The lowest BCUT2D eigenvalue weighted by Crippen LogP contribution is -2.23. The number of benzene rings is 3. The predicted octanol–water partition coefficient (Wildman–Crippen LogP) is 6.14. The Labute approximate surface area is 184 Å². The highest BCUT2D eigenvalue weighted by atomic mass is 79.9. The number of hydrogen-bond acceptors (Lipinski definition) is 4. The molecule has 1 aliphatic rings.